The number of anilines is 2. The molecule has 0 bridgehead atoms. The molecule has 0 aliphatic carbocycles. The molecule has 2 amide bonds. The monoisotopic (exact) mass is 1410 g/mol. The molecular formula is C58H67ClF7N19O10Si2. The SMILES string of the molecule is CC(Cl)C(=O)Nc1cccc(-c2cnc(C(F)(F)F)nc2)n1.Cc1noc(Cn2c(=O)c3c(n(COCC[Si](C)(C)C)c2=O)N=CC3)n1.Cc1noc(Cn2c(=O)c3c(ncn3C(C)C(=O)Nc3cccc(-c4cnc(C(F)(F)F)nc4)n3)n(COCC[Si](C)(C)C)c2=O)n1.[2H]CF. The summed E-state index contributed by atoms with van der Waals surface area (Å²) in [5.41, 5.74) is -0.811. The van der Waals surface area contributed by atoms with Gasteiger partial charge in [0.2, 0.25) is 35.2 Å². The zero-order valence-corrected chi connectivity index (χ0v) is 56.6. The largest absolute Gasteiger partial charge is 0.451 e. The number of halogens is 8. The van der Waals surface area contributed by atoms with Gasteiger partial charge in [-0.2, -0.15) is 36.3 Å². The van der Waals surface area contributed by atoms with Gasteiger partial charge in [0.05, 0.1) is 31.8 Å². The lowest BCUT2D eigenvalue weighted by Gasteiger charge is -2.17. The van der Waals surface area contributed by atoms with Gasteiger partial charge in [0, 0.05) is 77.9 Å². The van der Waals surface area contributed by atoms with E-state index in [2.05, 4.69) is 110 Å². The molecule has 2 atom stereocenters. The third-order valence-corrected chi connectivity index (χ3v) is 17.3. The Hall–Kier alpha value is -9.67. The van der Waals surface area contributed by atoms with Crippen LogP contribution in [-0.2, 0) is 64.4 Å². The van der Waals surface area contributed by atoms with E-state index in [0.717, 1.165) is 46.0 Å². The number of imidazole rings is 1. The van der Waals surface area contributed by atoms with Gasteiger partial charge in [0.25, 0.3) is 11.1 Å². The number of pyridine rings is 2. The van der Waals surface area contributed by atoms with Gasteiger partial charge >= 0.3 is 23.7 Å². The maximum Gasteiger partial charge on any atom is 0.451 e. The maximum atomic E-state index is 13.8. The molecule has 97 heavy (non-hydrogen) atoms. The van der Waals surface area contributed by atoms with Crippen LogP contribution in [0.5, 0.6) is 0 Å². The molecule has 39 heteroatoms. The minimum Gasteiger partial charge on any atom is -0.361 e. The fraction of sp³-hybridized carbons (Fsp3) is 0.414. The van der Waals surface area contributed by atoms with E-state index in [9.17, 15) is 59.5 Å². The van der Waals surface area contributed by atoms with Crippen molar-refractivity contribution in [3.8, 4) is 22.5 Å². The van der Waals surface area contributed by atoms with E-state index in [1.165, 1.54) is 52.1 Å². The number of nitrogens with one attached hydrogen (secondary N) is 2. The summed E-state index contributed by atoms with van der Waals surface area (Å²) in [7, 11) is -3.65. The molecule has 0 radical (unpaired) electrons. The summed E-state index contributed by atoms with van der Waals surface area (Å²) in [5.74, 6) is -1.83. The van der Waals surface area contributed by atoms with E-state index in [1.54, 1.807) is 38.3 Å². The number of ether oxygens (including phenoxy) is 2. The Morgan fingerprint density at radius 3 is 1.54 bits per heavy atom. The molecule has 1 aliphatic rings. The van der Waals surface area contributed by atoms with Gasteiger partial charge in [-0.15, -0.1) is 11.6 Å². The molecule has 9 aromatic rings. The topological polar surface area (TPSA) is 350 Å². The van der Waals surface area contributed by atoms with Crippen molar-refractivity contribution >= 4 is 74.4 Å². The number of carbonyl (C=O) groups is 2. The molecule has 0 saturated heterocycles. The first-order chi connectivity index (χ1) is 46.1. The number of aryl methyl sites for hydroxylation is 2. The Labute approximate surface area is 554 Å². The lowest BCUT2D eigenvalue weighted by Crippen LogP contribution is -2.42. The Bertz CT molecular complexity index is 4530. The second-order valence-corrected chi connectivity index (χ2v) is 35.6. The summed E-state index contributed by atoms with van der Waals surface area (Å²) in [6.07, 6.45) is -1.98. The van der Waals surface area contributed by atoms with Crippen molar-refractivity contribution in [1.82, 2.24) is 78.0 Å². The number of alkyl halides is 8. The Balaban J connectivity index is 0.000000223. The first kappa shape index (κ1) is 73.1. The molecule has 0 saturated carbocycles. The molecule has 1 aliphatic heterocycles. The molecule has 0 spiro atoms. The second-order valence-electron chi connectivity index (χ2n) is 23.7. The molecule has 10 heterocycles. The van der Waals surface area contributed by atoms with E-state index in [4.69, 9.17) is 31.5 Å². The van der Waals surface area contributed by atoms with Gasteiger partial charge in [-0.3, -0.25) is 37.3 Å². The highest BCUT2D eigenvalue weighted by Gasteiger charge is 2.36. The predicted octanol–water partition coefficient (Wildman–Crippen LogP) is 8.51. The highest BCUT2D eigenvalue weighted by atomic mass is 35.5. The number of fused-ring (bicyclic) bond motifs is 2. The van der Waals surface area contributed by atoms with Gasteiger partial charge in [0.15, 0.2) is 22.8 Å². The van der Waals surface area contributed by atoms with Crippen molar-refractivity contribution < 1.29 is 60.2 Å². The second kappa shape index (κ2) is 31.9. The Morgan fingerprint density at radius 2 is 1.10 bits per heavy atom. The van der Waals surface area contributed by atoms with Crippen molar-refractivity contribution in [2.45, 2.75) is 136 Å². The summed E-state index contributed by atoms with van der Waals surface area (Å²) >= 11 is 5.63. The lowest BCUT2D eigenvalue weighted by atomic mass is 10.2. The van der Waals surface area contributed by atoms with Crippen LogP contribution in [0.15, 0.2) is 101 Å². The maximum absolute atomic E-state index is 13.8. The molecule has 29 nitrogen and oxygen atoms in total. The first-order valence-corrected chi connectivity index (χ1v) is 37.1. The molecule has 9 aromatic heterocycles. The number of nitrogens with zero attached hydrogens (tertiary/aromatic N) is 17. The van der Waals surface area contributed by atoms with Crippen molar-refractivity contribution in [3.63, 3.8) is 0 Å². The van der Waals surface area contributed by atoms with E-state index < -0.39 is 87.5 Å². The fourth-order valence-corrected chi connectivity index (χ4v) is 10.1. The molecule has 0 aromatic carbocycles. The van der Waals surface area contributed by atoms with Gasteiger partial charge in [-0.25, -0.2) is 54.0 Å². The standard InChI is InChI=1S/C28H31F3N10O5Si.C16H23N5O4Si.C13H10ClF3N4O.CH3F/c1-16(24(42)37-20-8-6-7-19(36-20)18-11-32-26(33-12-18)28(29,30)31)40-14-34-23-22(40)25(43)39(13-21-35-17(2)38-46-21)27(44)41(23)15-45-9-10-47(3,4)5;1-11-18-13(25-19-11)9-20-15(22)12-5-6-17-14(12)21(16(20)23)10-24-7-8-26(2,3)4;1-7(14)11(22)21-10-4-2-3-9(20-10)8-5-18-12(19-6-8)13(15,16)17;1-2/h6-8,11-12,14,16H,9-10,13,15H2,1-5H3,(H,36,37,42);6H,5,7-10H2,1-4H3;2-7H,1H3,(H,20,21,22);1H3/i;;;1D. The van der Waals surface area contributed by atoms with Crippen molar-refractivity contribution in [2.24, 2.45) is 4.99 Å². The van der Waals surface area contributed by atoms with Crippen LogP contribution in [0.3, 0.4) is 0 Å². The molecule has 0 fully saturated rings. The summed E-state index contributed by atoms with van der Waals surface area (Å²) in [4.78, 5) is 116. The van der Waals surface area contributed by atoms with E-state index in [0.29, 0.717) is 53.9 Å². The van der Waals surface area contributed by atoms with Crippen LogP contribution < -0.4 is 33.1 Å². The number of aromatic nitrogens is 16. The zero-order chi connectivity index (χ0) is 72.0. The summed E-state index contributed by atoms with van der Waals surface area (Å²) < 4.78 is 119. The number of hydrogen-bond donors (Lipinski definition) is 2. The third-order valence-electron chi connectivity index (χ3n) is 13.7. The molecular weight excluding hydrogens is 1350 g/mol. The fourth-order valence-electron chi connectivity index (χ4n) is 8.58. The van der Waals surface area contributed by atoms with E-state index in [1.807, 2.05) is 0 Å². The predicted molar refractivity (Wildman–Crippen MR) is 344 cm³/mol. The van der Waals surface area contributed by atoms with Crippen molar-refractivity contribution in [1.29, 1.82) is 0 Å². The summed E-state index contributed by atoms with van der Waals surface area (Å²) in [6, 6.07) is 10.0. The quantitative estimate of drug-likeness (QED) is 0.0294. The molecule has 2 unspecified atom stereocenters. The number of hydrogen-bond acceptors (Lipinski definition) is 22. The summed E-state index contributed by atoms with van der Waals surface area (Å²) in [5, 5.41) is 11.8. The highest BCUT2D eigenvalue weighted by Crippen LogP contribution is 2.29. The van der Waals surface area contributed by atoms with E-state index >= 15 is 0 Å². The first-order valence-electron chi connectivity index (χ1n) is 30.0. The summed E-state index contributed by atoms with van der Waals surface area (Å²) in [6.45, 7) is 20.1. The smallest absolute Gasteiger partial charge is 0.361 e. The Morgan fingerprint density at radius 1 is 0.660 bits per heavy atom. The van der Waals surface area contributed by atoms with Gasteiger partial charge in [-0.05, 0) is 64.0 Å². The number of amides is 2. The van der Waals surface area contributed by atoms with Crippen LogP contribution in [0.2, 0.25) is 51.4 Å². The van der Waals surface area contributed by atoms with Crippen LogP contribution in [0.1, 0.15) is 61.9 Å². The molecule has 2 N–H and O–H groups in total. The number of carbonyl (C=O) groups excluding carboxylic acids is 2. The average Bonchev–Trinajstić information content (AvgIpc) is 1.53. The third kappa shape index (κ3) is 20.0. The van der Waals surface area contributed by atoms with Crippen molar-refractivity contribution in [3.05, 3.63) is 150 Å². The normalized spacial score (nSPS) is 12.9. The van der Waals surface area contributed by atoms with Crippen LogP contribution in [0.4, 0.5) is 48.2 Å². The number of rotatable bonds is 21. The van der Waals surface area contributed by atoms with Crippen LogP contribution in [0, 0.1) is 13.8 Å². The number of aliphatic imine (C=N–C) groups is 1. The highest BCUT2D eigenvalue weighted by molar-refractivity contribution is 6.76. The average molecular weight is 1420 g/mol. The van der Waals surface area contributed by atoms with Crippen LogP contribution >= 0.6 is 11.6 Å². The molecule has 518 valence electrons. The van der Waals surface area contributed by atoms with E-state index in [-0.39, 0.29) is 77.9 Å². The minimum absolute atomic E-state index is 0.0213. The molecule has 10 rings (SSSR count). The van der Waals surface area contributed by atoms with Gasteiger partial charge in [0.1, 0.15) is 55.4 Å². The van der Waals surface area contributed by atoms with Crippen LogP contribution in [-0.4, -0.2) is 138 Å². The van der Waals surface area contributed by atoms with Crippen molar-refractivity contribution in [2.75, 3.05) is 31.0 Å². The zero-order valence-electron chi connectivity index (χ0n) is 54.9. The van der Waals surface area contributed by atoms with Crippen LogP contribution in [0.25, 0.3) is 33.7 Å². The lowest BCUT2D eigenvalue weighted by molar-refractivity contribution is -0.145. The van der Waals surface area contributed by atoms with Gasteiger partial charge < -0.3 is 33.7 Å². The Kier molecular flexibility index (Phi) is 24.1. The minimum atomic E-state index is -4.69. The van der Waals surface area contributed by atoms with Gasteiger partial charge in [-0.1, -0.05) is 61.7 Å².